The predicted octanol–water partition coefficient (Wildman–Crippen LogP) is 3.54. The summed E-state index contributed by atoms with van der Waals surface area (Å²) in [7, 11) is 1.67. The fourth-order valence-electron chi connectivity index (χ4n) is 1.64. The average molecular weight is 358 g/mol. The average Bonchev–Trinajstić information content (AvgIpc) is 2.95. The number of hydrogen-bond acceptors (Lipinski definition) is 6. The number of carbonyl (C=O) groups excluding carboxylic acids is 1. The minimum Gasteiger partial charge on any atom is -0.341 e. The second-order valence-electron chi connectivity index (χ2n) is 4.40. The van der Waals surface area contributed by atoms with Gasteiger partial charge in [0.05, 0.1) is 5.75 Å². The molecule has 2 aromatic rings. The third-order valence-electron chi connectivity index (χ3n) is 2.77. The molecule has 1 aromatic carbocycles. The van der Waals surface area contributed by atoms with Gasteiger partial charge in [0.25, 0.3) is 0 Å². The van der Waals surface area contributed by atoms with Gasteiger partial charge < -0.3 is 4.90 Å². The highest BCUT2D eigenvalue weighted by atomic mass is 32.2. The molecule has 0 atom stereocenters. The van der Waals surface area contributed by atoms with Crippen LogP contribution in [0.2, 0.25) is 0 Å². The lowest BCUT2D eigenvalue weighted by Gasteiger charge is -2.17. The molecule has 0 unspecified atom stereocenters. The second-order valence-corrected chi connectivity index (χ2v) is 8.11. The molecule has 0 bridgehead atoms. The Hall–Kier alpha value is -1.12. The van der Waals surface area contributed by atoms with Crippen LogP contribution in [-0.4, -0.2) is 39.6 Å². The summed E-state index contributed by atoms with van der Waals surface area (Å²) in [5.41, 5.74) is 0.515. The van der Waals surface area contributed by atoms with E-state index < -0.39 is 0 Å². The van der Waals surface area contributed by atoms with Crippen LogP contribution in [0.4, 0.5) is 4.39 Å². The van der Waals surface area contributed by atoms with Gasteiger partial charge >= 0.3 is 0 Å². The number of halogens is 1. The first-order chi connectivity index (χ1) is 10.6. The monoisotopic (exact) mass is 357 g/mol. The number of benzene rings is 1. The molecule has 22 heavy (non-hydrogen) atoms. The number of nitrogens with zero attached hydrogens (tertiary/aromatic N) is 3. The Kier molecular flexibility index (Phi) is 6.66. The van der Waals surface area contributed by atoms with Crippen molar-refractivity contribution in [3.8, 4) is 0 Å². The van der Waals surface area contributed by atoms with E-state index in [2.05, 4.69) is 17.1 Å². The molecule has 0 spiro atoms. The molecule has 0 saturated carbocycles. The highest BCUT2D eigenvalue weighted by Gasteiger charge is 2.13. The third kappa shape index (κ3) is 4.96. The quantitative estimate of drug-likeness (QED) is 0.709. The van der Waals surface area contributed by atoms with Gasteiger partial charge in [0.2, 0.25) is 5.91 Å². The maximum absolute atomic E-state index is 13.6. The van der Waals surface area contributed by atoms with E-state index >= 15 is 0 Å². The zero-order chi connectivity index (χ0) is 15.9. The summed E-state index contributed by atoms with van der Waals surface area (Å²) in [5, 5.41) is 8.09. The Bertz CT molecular complexity index is 635. The second kappa shape index (κ2) is 8.50. The van der Waals surface area contributed by atoms with E-state index in [9.17, 15) is 9.18 Å². The molecule has 0 fully saturated rings. The van der Waals surface area contributed by atoms with Gasteiger partial charge in [-0.25, -0.2) is 4.39 Å². The van der Waals surface area contributed by atoms with E-state index in [0.29, 0.717) is 5.56 Å². The van der Waals surface area contributed by atoms with Crippen molar-refractivity contribution in [1.82, 2.24) is 15.1 Å². The molecule has 0 radical (unpaired) electrons. The van der Waals surface area contributed by atoms with Crippen molar-refractivity contribution in [3.05, 3.63) is 35.6 Å². The van der Waals surface area contributed by atoms with Crippen molar-refractivity contribution in [2.75, 3.05) is 18.6 Å². The SMILES string of the molecule is CCSc1nnc(SCC(=O)N(C)Cc2ccccc2F)s1. The molecule has 1 amide bonds. The van der Waals surface area contributed by atoms with Gasteiger partial charge in [0.15, 0.2) is 8.68 Å². The summed E-state index contributed by atoms with van der Waals surface area (Å²) in [4.78, 5) is 13.6. The summed E-state index contributed by atoms with van der Waals surface area (Å²) < 4.78 is 15.3. The Morgan fingerprint density at radius 2 is 1.95 bits per heavy atom. The Morgan fingerprint density at radius 3 is 2.64 bits per heavy atom. The van der Waals surface area contributed by atoms with Crippen LogP contribution in [0, 0.1) is 5.82 Å². The van der Waals surface area contributed by atoms with E-state index in [1.807, 2.05) is 0 Å². The van der Waals surface area contributed by atoms with E-state index in [1.165, 1.54) is 34.1 Å². The van der Waals surface area contributed by atoms with E-state index in [4.69, 9.17) is 0 Å². The maximum atomic E-state index is 13.6. The maximum Gasteiger partial charge on any atom is 0.233 e. The van der Waals surface area contributed by atoms with Crippen LogP contribution in [0.3, 0.4) is 0 Å². The number of thioether (sulfide) groups is 2. The lowest BCUT2D eigenvalue weighted by molar-refractivity contribution is -0.127. The van der Waals surface area contributed by atoms with E-state index in [1.54, 1.807) is 37.0 Å². The van der Waals surface area contributed by atoms with Crippen LogP contribution in [0.15, 0.2) is 32.9 Å². The molecular formula is C14H16FN3OS3. The van der Waals surface area contributed by atoms with Crippen molar-refractivity contribution in [1.29, 1.82) is 0 Å². The van der Waals surface area contributed by atoms with Crippen LogP contribution < -0.4 is 0 Å². The Labute approximate surface area is 141 Å². The van der Waals surface area contributed by atoms with E-state index in [0.717, 1.165) is 14.4 Å². The first kappa shape index (κ1) is 17.2. The molecule has 4 nitrogen and oxygen atoms in total. The number of carbonyl (C=O) groups is 1. The number of amides is 1. The van der Waals surface area contributed by atoms with Gasteiger partial charge in [0.1, 0.15) is 5.82 Å². The molecule has 1 aromatic heterocycles. The van der Waals surface area contributed by atoms with Crippen LogP contribution in [-0.2, 0) is 11.3 Å². The van der Waals surface area contributed by atoms with Gasteiger partial charge in [-0.05, 0) is 11.8 Å². The topological polar surface area (TPSA) is 46.1 Å². The minimum atomic E-state index is -0.292. The van der Waals surface area contributed by atoms with Crippen molar-refractivity contribution in [2.45, 2.75) is 22.1 Å². The van der Waals surface area contributed by atoms with Gasteiger partial charge in [0, 0.05) is 19.2 Å². The lowest BCUT2D eigenvalue weighted by atomic mass is 10.2. The normalized spacial score (nSPS) is 10.7. The summed E-state index contributed by atoms with van der Waals surface area (Å²) in [6.45, 7) is 2.32. The molecule has 0 N–H and O–H groups in total. The first-order valence-corrected chi connectivity index (χ1v) is 9.45. The standard InChI is InChI=1S/C14H16FN3OS3/c1-3-20-13-16-17-14(22-13)21-9-12(19)18(2)8-10-6-4-5-7-11(10)15/h4-7H,3,8-9H2,1-2H3. The van der Waals surface area contributed by atoms with Crippen LogP contribution >= 0.6 is 34.9 Å². The van der Waals surface area contributed by atoms with E-state index in [-0.39, 0.29) is 24.0 Å². The molecule has 118 valence electrons. The number of rotatable bonds is 7. The van der Waals surface area contributed by atoms with Crippen LogP contribution in [0.25, 0.3) is 0 Å². The first-order valence-electron chi connectivity index (χ1n) is 6.66. The van der Waals surface area contributed by atoms with Gasteiger partial charge in [-0.1, -0.05) is 60.0 Å². The molecule has 0 saturated heterocycles. The Morgan fingerprint density at radius 1 is 1.27 bits per heavy atom. The zero-order valence-corrected chi connectivity index (χ0v) is 14.7. The van der Waals surface area contributed by atoms with Crippen LogP contribution in [0.5, 0.6) is 0 Å². The number of hydrogen-bond donors (Lipinski definition) is 0. The third-order valence-corrected chi connectivity index (χ3v) is 5.82. The van der Waals surface area contributed by atoms with Gasteiger partial charge in [-0.15, -0.1) is 10.2 Å². The molecule has 8 heteroatoms. The Balaban J connectivity index is 1.84. The summed E-state index contributed by atoms with van der Waals surface area (Å²) >= 11 is 4.49. The zero-order valence-electron chi connectivity index (χ0n) is 12.3. The fraction of sp³-hybridized carbons (Fsp3) is 0.357. The van der Waals surface area contributed by atoms with Gasteiger partial charge in [-0.2, -0.15) is 0 Å². The van der Waals surface area contributed by atoms with Crippen molar-refractivity contribution >= 4 is 40.8 Å². The van der Waals surface area contributed by atoms with Gasteiger partial charge in [-0.3, -0.25) is 4.79 Å². The lowest BCUT2D eigenvalue weighted by Crippen LogP contribution is -2.28. The summed E-state index contributed by atoms with van der Waals surface area (Å²) in [5.74, 6) is 0.869. The van der Waals surface area contributed by atoms with Crippen molar-refractivity contribution in [2.24, 2.45) is 0 Å². The largest absolute Gasteiger partial charge is 0.341 e. The molecule has 0 aliphatic carbocycles. The molecule has 1 heterocycles. The number of aromatic nitrogens is 2. The molecular weight excluding hydrogens is 341 g/mol. The van der Waals surface area contributed by atoms with Crippen molar-refractivity contribution < 1.29 is 9.18 Å². The van der Waals surface area contributed by atoms with Crippen LogP contribution in [0.1, 0.15) is 12.5 Å². The highest BCUT2D eigenvalue weighted by molar-refractivity contribution is 8.03. The highest BCUT2D eigenvalue weighted by Crippen LogP contribution is 2.28. The molecule has 2 rings (SSSR count). The summed E-state index contributed by atoms with van der Waals surface area (Å²) in [6, 6.07) is 6.49. The smallest absolute Gasteiger partial charge is 0.233 e. The summed E-state index contributed by atoms with van der Waals surface area (Å²) in [6.07, 6.45) is 0. The predicted molar refractivity (Wildman–Crippen MR) is 89.9 cm³/mol. The van der Waals surface area contributed by atoms with Crippen molar-refractivity contribution in [3.63, 3.8) is 0 Å². The minimum absolute atomic E-state index is 0.0619. The molecule has 0 aliphatic heterocycles. The fourth-order valence-corrected chi connectivity index (χ4v) is 4.50. The molecule has 0 aliphatic rings.